The van der Waals surface area contributed by atoms with Gasteiger partial charge in [0.25, 0.3) is 0 Å². The predicted molar refractivity (Wildman–Crippen MR) is 256 cm³/mol. The van der Waals surface area contributed by atoms with Gasteiger partial charge in [0.1, 0.15) is 0 Å². The summed E-state index contributed by atoms with van der Waals surface area (Å²) in [6.07, 6.45) is 0. The van der Waals surface area contributed by atoms with Crippen molar-refractivity contribution in [3.63, 3.8) is 0 Å². The normalized spacial score (nSPS) is 13.0. The van der Waals surface area contributed by atoms with Crippen LogP contribution in [0.25, 0.3) is 98.8 Å². The van der Waals surface area contributed by atoms with E-state index in [-0.39, 0.29) is 5.41 Å². The Bertz CT molecular complexity index is 3540. The van der Waals surface area contributed by atoms with E-state index < -0.39 is 0 Å². The minimum Gasteiger partial charge on any atom is -0.208 e. The maximum absolute atomic E-state index is 5.20. The van der Waals surface area contributed by atoms with Gasteiger partial charge in [-0.1, -0.05) is 194 Å². The Labute approximate surface area is 363 Å². The summed E-state index contributed by atoms with van der Waals surface area (Å²) in [6.45, 7) is 0. The molecule has 0 bridgehead atoms. The smallest absolute Gasteiger partial charge is 0.165 e. The van der Waals surface area contributed by atoms with E-state index >= 15 is 0 Å². The average molecular weight is 806 g/mol. The Morgan fingerprint density at radius 1 is 0.306 bits per heavy atom. The fraction of sp³-hybridized carbons (Fsp3) is 0.0172. The SMILES string of the molecule is c1ccc(-c2nc(-c3cccc(-c4ccc(-c5cccc6c5-c5ccccc5C65c6ccccc6-c6ccccc65)cc4)c3)nc(-c3cccc4c3sc3ccccc34)n2)cc1. The predicted octanol–water partition coefficient (Wildman–Crippen LogP) is 14.9. The average Bonchev–Trinajstić information content (AvgIpc) is 3.99. The van der Waals surface area contributed by atoms with Crippen molar-refractivity contribution in [3.05, 3.63) is 235 Å². The molecule has 0 aliphatic heterocycles. The molecule has 2 heterocycles. The highest BCUT2D eigenvalue weighted by atomic mass is 32.1. The van der Waals surface area contributed by atoms with Crippen molar-refractivity contribution in [3.8, 4) is 78.7 Å². The highest BCUT2D eigenvalue weighted by Gasteiger charge is 2.51. The van der Waals surface area contributed by atoms with Crippen molar-refractivity contribution in [1.82, 2.24) is 15.0 Å². The van der Waals surface area contributed by atoms with Gasteiger partial charge >= 0.3 is 0 Å². The summed E-state index contributed by atoms with van der Waals surface area (Å²) in [5.41, 5.74) is 17.9. The minimum absolute atomic E-state index is 0.366. The van der Waals surface area contributed by atoms with E-state index in [4.69, 9.17) is 15.0 Å². The van der Waals surface area contributed by atoms with E-state index in [1.165, 1.54) is 75.8 Å². The molecular weight excluding hydrogens is 771 g/mol. The maximum Gasteiger partial charge on any atom is 0.165 e. The standard InChI is InChI=1S/C58H35N3S/c1-2-15-38(16-3-1)55-59-56(61-57(60-55)47-25-13-24-45-44-21-7-11-30-52(44)62-54(45)47)40-18-12-17-39(35-40)36-31-33-37(34-32-36)41-23-14-29-51-53(41)46-22-6-10-28-50(46)58(51)48-26-8-4-19-42(48)43-20-5-9-27-49(43)58/h1-35H. The first-order chi connectivity index (χ1) is 30.7. The van der Waals surface area contributed by atoms with Gasteiger partial charge in [0, 0.05) is 36.9 Å². The van der Waals surface area contributed by atoms with E-state index in [1.54, 1.807) is 11.3 Å². The van der Waals surface area contributed by atoms with Crippen LogP contribution in [0.2, 0.25) is 0 Å². The summed E-state index contributed by atoms with van der Waals surface area (Å²) >= 11 is 1.79. The molecule has 4 heteroatoms. The second-order valence-electron chi connectivity index (χ2n) is 16.2. The number of rotatable bonds is 5. The van der Waals surface area contributed by atoms with Gasteiger partial charge in [-0.25, -0.2) is 15.0 Å². The maximum atomic E-state index is 5.20. The van der Waals surface area contributed by atoms with Gasteiger partial charge in [-0.3, -0.25) is 0 Å². The molecule has 3 nitrogen and oxygen atoms in total. The van der Waals surface area contributed by atoms with Crippen molar-refractivity contribution in [2.24, 2.45) is 0 Å². The molecule has 0 saturated carbocycles. The summed E-state index contributed by atoms with van der Waals surface area (Å²) in [5.74, 6) is 1.97. The van der Waals surface area contributed by atoms with Crippen molar-refractivity contribution in [1.29, 1.82) is 0 Å². The molecule has 62 heavy (non-hydrogen) atoms. The molecule has 11 aromatic rings. The van der Waals surface area contributed by atoms with E-state index in [1.807, 2.05) is 18.2 Å². The first kappa shape index (κ1) is 35.0. The van der Waals surface area contributed by atoms with Crippen LogP contribution in [-0.4, -0.2) is 15.0 Å². The van der Waals surface area contributed by atoms with E-state index in [0.29, 0.717) is 17.5 Å². The van der Waals surface area contributed by atoms with E-state index in [0.717, 1.165) is 27.8 Å². The lowest BCUT2D eigenvalue weighted by molar-refractivity contribution is 0.794. The number of aromatic nitrogens is 3. The number of thiophene rings is 1. The molecule has 9 aromatic carbocycles. The van der Waals surface area contributed by atoms with Gasteiger partial charge in [0.2, 0.25) is 0 Å². The van der Waals surface area contributed by atoms with Crippen LogP contribution in [-0.2, 0) is 5.41 Å². The number of nitrogens with zero attached hydrogens (tertiary/aromatic N) is 3. The lowest BCUT2D eigenvalue weighted by Crippen LogP contribution is -2.25. The zero-order chi connectivity index (χ0) is 40.8. The molecule has 2 aliphatic rings. The molecule has 288 valence electrons. The van der Waals surface area contributed by atoms with Crippen LogP contribution in [0.4, 0.5) is 0 Å². The molecule has 2 aromatic heterocycles. The van der Waals surface area contributed by atoms with Gasteiger partial charge in [0.05, 0.1) is 5.41 Å². The second-order valence-corrected chi connectivity index (χ2v) is 17.3. The largest absolute Gasteiger partial charge is 0.208 e. The minimum atomic E-state index is -0.366. The number of benzene rings is 9. The topological polar surface area (TPSA) is 38.7 Å². The van der Waals surface area contributed by atoms with Crippen molar-refractivity contribution >= 4 is 31.5 Å². The summed E-state index contributed by atoms with van der Waals surface area (Å²) in [4.78, 5) is 15.4. The van der Waals surface area contributed by atoms with Gasteiger partial charge < -0.3 is 0 Å². The van der Waals surface area contributed by atoms with Gasteiger partial charge in [-0.2, -0.15) is 0 Å². The molecule has 2 aliphatic carbocycles. The Morgan fingerprint density at radius 3 is 1.58 bits per heavy atom. The van der Waals surface area contributed by atoms with Crippen LogP contribution in [0.3, 0.4) is 0 Å². The van der Waals surface area contributed by atoms with Gasteiger partial charge in [-0.15, -0.1) is 11.3 Å². The molecule has 0 fully saturated rings. The first-order valence-corrected chi connectivity index (χ1v) is 21.9. The summed E-state index contributed by atoms with van der Waals surface area (Å²) in [6, 6.07) is 76.8. The molecule has 0 N–H and O–H groups in total. The number of fused-ring (bicyclic) bond motifs is 13. The zero-order valence-electron chi connectivity index (χ0n) is 33.5. The van der Waals surface area contributed by atoms with Crippen molar-refractivity contribution < 1.29 is 0 Å². The highest BCUT2D eigenvalue weighted by molar-refractivity contribution is 7.26. The highest BCUT2D eigenvalue weighted by Crippen LogP contribution is 2.64. The van der Waals surface area contributed by atoms with Gasteiger partial charge in [-0.05, 0) is 85.0 Å². The third kappa shape index (κ3) is 5.08. The Kier molecular flexibility index (Phi) is 7.69. The lowest BCUT2D eigenvalue weighted by Gasteiger charge is -2.30. The number of hydrogen-bond acceptors (Lipinski definition) is 4. The second kappa shape index (κ2) is 13.6. The third-order valence-corrected chi connectivity index (χ3v) is 14.2. The van der Waals surface area contributed by atoms with E-state index in [9.17, 15) is 0 Å². The summed E-state index contributed by atoms with van der Waals surface area (Å²) in [7, 11) is 0. The quantitative estimate of drug-likeness (QED) is 0.174. The zero-order valence-corrected chi connectivity index (χ0v) is 34.3. The Morgan fingerprint density at radius 2 is 0.806 bits per heavy atom. The molecule has 0 radical (unpaired) electrons. The molecule has 0 atom stereocenters. The van der Waals surface area contributed by atoms with E-state index in [2.05, 4.69) is 194 Å². The van der Waals surface area contributed by atoms with Gasteiger partial charge in [0.15, 0.2) is 17.5 Å². The Hall–Kier alpha value is -7.79. The molecule has 0 amide bonds. The molecule has 1 spiro atoms. The van der Waals surface area contributed by atoms with Crippen LogP contribution in [0, 0.1) is 0 Å². The van der Waals surface area contributed by atoms with Crippen molar-refractivity contribution in [2.45, 2.75) is 5.41 Å². The fourth-order valence-electron chi connectivity index (χ4n) is 10.3. The van der Waals surface area contributed by atoms with Crippen LogP contribution < -0.4 is 0 Å². The van der Waals surface area contributed by atoms with Crippen molar-refractivity contribution in [2.75, 3.05) is 0 Å². The first-order valence-electron chi connectivity index (χ1n) is 21.1. The summed E-state index contributed by atoms with van der Waals surface area (Å²) in [5, 5.41) is 2.47. The Balaban J connectivity index is 0.911. The van der Waals surface area contributed by atoms with Crippen LogP contribution >= 0.6 is 11.3 Å². The molecular formula is C58H35N3S. The monoisotopic (exact) mass is 805 g/mol. The number of hydrogen-bond donors (Lipinski definition) is 0. The fourth-order valence-corrected chi connectivity index (χ4v) is 11.5. The molecule has 0 unspecified atom stereocenters. The van der Waals surface area contributed by atoms with Crippen LogP contribution in [0.5, 0.6) is 0 Å². The molecule has 13 rings (SSSR count). The van der Waals surface area contributed by atoms with Crippen LogP contribution in [0.1, 0.15) is 22.3 Å². The molecule has 0 saturated heterocycles. The van der Waals surface area contributed by atoms with Crippen LogP contribution in [0.15, 0.2) is 212 Å². The lowest BCUT2D eigenvalue weighted by atomic mass is 9.70. The third-order valence-electron chi connectivity index (χ3n) is 13.0. The summed E-state index contributed by atoms with van der Waals surface area (Å²) < 4.78 is 2.43.